The first kappa shape index (κ1) is 14.6. The molecule has 2 aromatic carbocycles. The molecule has 0 aliphatic carbocycles. The average Bonchev–Trinajstić information content (AvgIpc) is 2.45. The number of thioether (sulfide) groups is 1. The summed E-state index contributed by atoms with van der Waals surface area (Å²) in [5.74, 6) is 0. The van der Waals surface area contributed by atoms with Gasteiger partial charge in [-0.15, -0.1) is 11.8 Å². The van der Waals surface area contributed by atoms with E-state index >= 15 is 0 Å². The van der Waals surface area contributed by atoms with Crippen LogP contribution in [0.1, 0.15) is 24.1 Å². The molecule has 2 aromatic rings. The van der Waals surface area contributed by atoms with Crippen LogP contribution in [-0.2, 0) is 6.54 Å². The topological polar surface area (TPSA) is 12.0 Å². The van der Waals surface area contributed by atoms with E-state index in [9.17, 15) is 0 Å². The summed E-state index contributed by atoms with van der Waals surface area (Å²) in [7, 11) is 0. The average molecular weight is 336 g/mol. The highest BCUT2D eigenvalue weighted by Gasteiger charge is 2.05. The molecule has 3 heteroatoms. The van der Waals surface area contributed by atoms with Crippen LogP contribution in [0.3, 0.4) is 0 Å². The van der Waals surface area contributed by atoms with Gasteiger partial charge in [0.2, 0.25) is 0 Å². The van der Waals surface area contributed by atoms with E-state index in [2.05, 4.69) is 83.0 Å². The summed E-state index contributed by atoms with van der Waals surface area (Å²) in [6, 6.07) is 17.5. The van der Waals surface area contributed by atoms with Gasteiger partial charge in [0, 0.05) is 22.0 Å². The van der Waals surface area contributed by atoms with Crippen LogP contribution in [0.4, 0.5) is 0 Å². The predicted molar refractivity (Wildman–Crippen MR) is 87.6 cm³/mol. The maximum atomic E-state index is 3.55. The normalized spacial score (nSPS) is 12.4. The van der Waals surface area contributed by atoms with Crippen LogP contribution < -0.4 is 5.32 Å². The molecule has 0 saturated carbocycles. The van der Waals surface area contributed by atoms with Crippen molar-refractivity contribution < 1.29 is 0 Å². The zero-order chi connectivity index (χ0) is 13.7. The van der Waals surface area contributed by atoms with Crippen LogP contribution in [0.15, 0.2) is 57.9 Å². The number of hydrogen-bond donors (Lipinski definition) is 1. The third-order valence-electron chi connectivity index (χ3n) is 3.12. The summed E-state index contributed by atoms with van der Waals surface area (Å²) in [6.07, 6.45) is 2.10. The molecule has 19 heavy (non-hydrogen) atoms. The summed E-state index contributed by atoms with van der Waals surface area (Å²) < 4.78 is 1.13. The van der Waals surface area contributed by atoms with Crippen molar-refractivity contribution in [3.63, 3.8) is 0 Å². The first-order chi connectivity index (χ1) is 9.19. The maximum absolute atomic E-state index is 3.55. The van der Waals surface area contributed by atoms with Gasteiger partial charge in [-0.1, -0.05) is 40.2 Å². The zero-order valence-electron chi connectivity index (χ0n) is 11.2. The van der Waals surface area contributed by atoms with Gasteiger partial charge >= 0.3 is 0 Å². The van der Waals surface area contributed by atoms with Gasteiger partial charge in [0.25, 0.3) is 0 Å². The second kappa shape index (κ2) is 7.13. The van der Waals surface area contributed by atoms with E-state index in [4.69, 9.17) is 0 Å². The van der Waals surface area contributed by atoms with Gasteiger partial charge in [-0.05, 0) is 48.6 Å². The highest BCUT2D eigenvalue weighted by Crippen LogP contribution is 2.19. The van der Waals surface area contributed by atoms with Crippen molar-refractivity contribution in [3.05, 3.63) is 64.1 Å². The molecule has 1 N–H and O–H groups in total. The maximum Gasteiger partial charge on any atom is 0.0295 e. The summed E-state index contributed by atoms with van der Waals surface area (Å²) in [5.41, 5.74) is 2.62. The highest BCUT2D eigenvalue weighted by atomic mass is 79.9. The van der Waals surface area contributed by atoms with Gasteiger partial charge in [-0.3, -0.25) is 0 Å². The van der Waals surface area contributed by atoms with Crippen molar-refractivity contribution >= 4 is 27.7 Å². The van der Waals surface area contributed by atoms with Crippen LogP contribution in [0.2, 0.25) is 0 Å². The summed E-state index contributed by atoms with van der Waals surface area (Å²) >= 11 is 5.29. The van der Waals surface area contributed by atoms with E-state index in [0.29, 0.717) is 6.04 Å². The molecule has 1 nitrogen and oxygen atoms in total. The molecular weight excluding hydrogens is 318 g/mol. The first-order valence-electron chi connectivity index (χ1n) is 6.31. The fourth-order valence-electron chi connectivity index (χ4n) is 1.91. The minimum atomic E-state index is 0.345. The molecule has 0 aromatic heterocycles. The van der Waals surface area contributed by atoms with Gasteiger partial charge in [-0.25, -0.2) is 0 Å². The van der Waals surface area contributed by atoms with Crippen molar-refractivity contribution in [2.75, 3.05) is 6.26 Å². The van der Waals surface area contributed by atoms with E-state index in [1.165, 1.54) is 16.0 Å². The van der Waals surface area contributed by atoms with Crippen molar-refractivity contribution in [3.8, 4) is 0 Å². The van der Waals surface area contributed by atoms with Gasteiger partial charge in [0.1, 0.15) is 0 Å². The summed E-state index contributed by atoms with van der Waals surface area (Å²) in [5, 5.41) is 3.55. The van der Waals surface area contributed by atoms with Gasteiger partial charge in [0.15, 0.2) is 0 Å². The Hall–Kier alpha value is -0.770. The van der Waals surface area contributed by atoms with Crippen LogP contribution in [0.25, 0.3) is 0 Å². The SMILES string of the molecule is CSc1ccc(CN[C@H](C)c2cccc(Br)c2)cc1. The summed E-state index contributed by atoms with van der Waals surface area (Å²) in [6.45, 7) is 3.08. The largest absolute Gasteiger partial charge is 0.306 e. The molecular formula is C16H18BrNS. The van der Waals surface area contributed by atoms with Crippen molar-refractivity contribution in [2.45, 2.75) is 24.4 Å². The smallest absolute Gasteiger partial charge is 0.0295 e. The molecule has 100 valence electrons. The van der Waals surface area contributed by atoms with Gasteiger partial charge < -0.3 is 5.32 Å². The van der Waals surface area contributed by atoms with Crippen molar-refractivity contribution in [1.82, 2.24) is 5.32 Å². The monoisotopic (exact) mass is 335 g/mol. The number of benzene rings is 2. The lowest BCUT2D eigenvalue weighted by molar-refractivity contribution is 0.574. The number of hydrogen-bond acceptors (Lipinski definition) is 2. The summed E-state index contributed by atoms with van der Waals surface area (Å²) in [4.78, 5) is 1.31. The lowest BCUT2D eigenvalue weighted by Gasteiger charge is -2.14. The number of nitrogens with one attached hydrogen (secondary N) is 1. The Morgan fingerprint density at radius 2 is 1.89 bits per heavy atom. The molecule has 0 amide bonds. The molecule has 0 fully saturated rings. The van der Waals surface area contributed by atoms with Gasteiger partial charge in [-0.2, -0.15) is 0 Å². The quantitative estimate of drug-likeness (QED) is 0.769. The Kier molecular flexibility index (Phi) is 5.49. The molecule has 0 bridgehead atoms. The standard InChI is InChI=1S/C16H18BrNS/c1-12(14-4-3-5-15(17)10-14)18-11-13-6-8-16(19-2)9-7-13/h3-10,12,18H,11H2,1-2H3/t12-/m1/s1. The number of halogens is 1. The lowest BCUT2D eigenvalue weighted by atomic mass is 10.1. The van der Waals surface area contributed by atoms with Crippen LogP contribution in [-0.4, -0.2) is 6.26 Å². The lowest BCUT2D eigenvalue weighted by Crippen LogP contribution is -2.17. The molecule has 0 aliphatic rings. The Labute approximate surface area is 127 Å². The second-order valence-electron chi connectivity index (χ2n) is 4.51. The van der Waals surface area contributed by atoms with Crippen LogP contribution >= 0.6 is 27.7 Å². The number of rotatable bonds is 5. The van der Waals surface area contributed by atoms with E-state index in [-0.39, 0.29) is 0 Å². The Bertz CT molecular complexity index is 525. The Balaban J connectivity index is 1.94. The fraction of sp³-hybridized carbons (Fsp3) is 0.250. The van der Waals surface area contributed by atoms with E-state index in [1.54, 1.807) is 11.8 Å². The van der Waals surface area contributed by atoms with E-state index in [1.807, 2.05) is 0 Å². The third-order valence-corrected chi connectivity index (χ3v) is 4.36. The van der Waals surface area contributed by atoms with Crippen molar-refractivity contribution in [2.24, 2.45) is 0 Å². The second-order valence-corrected chi connectivity index (χ2v) is 6.30. The first-order valence-corrected chi connectivity index (χ1v) is 8.32. The molecule has 0 aliphatic heterocycles. The minimum absolute atomic E-state index is 0.345. The van der Waals surface area contributed by atoms with Gasteiger partial charge in [0.05, 0.1) is 0 Å². The minimum Gasteiger partial charge on any atom is -0.306 e. The van der Waals surface area contributed by atoms with Crippen LogP contribution in [0.5, 0.6) is 0 Å². The Morgan fingerprint density at radius 3 is 2.53 bits per heavy atom. The molecule has 1 atom stereocenters. The molecule has 2 rings (SSSR count). The molecule has 0 heterocycles. The molecule has 0 radical (unpaired) electrons. The molecule has 0 spiro atoms. The van der Waals surface area contributed by atoms with E-state index in [0.717, 1.165) is 11.0 Å². The zero-order valence-corrected chi connectivity index (χ0v) is 13.6. The fourth-order valence-corrected chi connectivity index (χ4v) is 2.73. The third kappa shape index (κ3) is 4.37. The van der Waals surface area contributed by atoms with E-state index < -0.39 is 0 Å². The molecule has 0 unspecified atom stereocenters. The van der Waals surface area contributed by atoms with Crippen LogP contribution in [0, 0.1) is 0 Å². The Morgan fingerprint density at radius 1 is 1.16 bits per heavy atom. The van der Waals surface area contributed by atoms with Crippen molar-refractivity contribution in [1.29, 1.82) is 0 Å². The highest BCUT2D eigenvalue weighted by molar-refractivity contribution is 9.10. The molecule has 0 saturated heterocycles. The predicted octanol–water partition coefficient (Wildman–Crippen LogP) is 5.02.